The molecule has 1 saturated heterocycles. The molecule has 0 spiro atoms. The number of nitrogens with zero attached hydrogens (tertiary/aromatic N) is 1. The lowest BCUT2D eigenvalue weighted by molar-refractivity contribution is -0.170. The molecule has 1 aliphatic rings. The highest BCUT2D eigenvalue weighted by Crippen LogP contribution is 2.42. The molecule has 1 aliphatic heterocycles. The van der Waals surface area contributed by atoms with Crippen LogP contribution in [0.5, 0.6) is 0 Å². The molecular formula is C20H19Br2NO2. The van der Waals surface area contributed by atoms with Crippen LogP contribution in [0.3, 0.4) is 0 Å². The van der Waals surface area contributed by atoms with Crippen molar-refractivity contribution in [3.63, 3.8) is 0 Å². The first-order chi connectivity index (χ1) is 12.0. The maximum absolute atomic E-state index is 12.7. The monoisotopic (exact) mass is 463 g/mol. The third-order valence-electron chi connectivity index (χ3n) is 4.43. The van der Waals surface area contributed by atoms with Crippen molar-refractivity contribution in [2.45, 2.75) is 24.7 Å². The Labute approximate surface area is 164 Å². The summed E-state index contributed by atoms with van der Waals surface area (Å²) in [6.07, 6.45) is 1.50. The van der Waals surface area contributed by atoms with Gasteiger partial charge in [0.15, 0.2) is 0 Å². The van der Waals surface area contributed by atoms with E-state index in [-0.39, 0.29) is 18.1 Å². The van der Waals surface area contributed by atoms with Crippen LogP contribution in [0.15, 0.2) is 70.1 Å². The number of ether oxygens (including phenoxy) is 1. The number of hydrogen-bond donors (Lipinski definition) is 0. The highest BCUT2D eigenvalue weighted by atomic mass is 79.9. The van der Waals surface area contributed by atoms with Crippen LogP contribution in [0.1, 0.15) is 29.7 Å². The van der Waals surface area contributed by atoms with Crippen LogP contribution in [0.4, 0.5) is 0 Å². The predicted molar refractivity (Wildman–Crippen MR) is 106 cm³/mol. The second-order valence-electron chi connectivity index (χ2n) is 6.07. The molecule has 1 amide bonds. The zero-order chi connectivity index (χ0) is 18.0. The lowest BCUT2D eigenvalue weighted by Crippen LogP contribution is -2.48. The van der Waals surface area contributed by atoms with E-state index in [0.717, 1.165) is 20.1 Å². The van der Waals surface area contributed by atoms with Gasteiger partial charge in [-0.1, -0.05) is 62.2 Å². The van der Waals surface area contributed by atoms with Crippen molar-refractivity contribution in [1.29, 1.82) is 0 Å². The van der Waals surface area contributed by atoms with Crippen molar-refractivity contribution in [2.24, 2.45) is 0 Å². The Morgan fingerprint density at radius 3 is 2.08 bits per heavy atom. The van der Waals surface area contributed by atoms with E-state index in [1.54, 1.807) is 11.0 Å². The standard InChI is InChI=1S/C20H19Br2NO2/c1-3-4-17-20(24)23(2)18(13-5-9-15(21)10-6-13)19(25-17)14-7-11-16(22)12-8-14/h3,5-12,17-19H,1,4H2,2H3/t17-,18+,19-/m1/s1. The molecule has 3 rings (SSSR count). The fourth-order valence-electron chi connectivity index (χ4n) is 3.16. The van der Waals surface area contributed by atoms with Crippen molar-refractivity contribution >= 4 is 37.8 Å². The van der Waals surface area contributed by atoms with Gasteiger partial charge in [-0.3, -0.25) is 4.79 Å². The van der Waals surface area contributed by atoms with E-state index in [4.69, 9.17) is 4.74 Å². The summed E-state index contributed by atoms with van der Waals surface area (Å²) in [4.78, 5) is 14.5. The lowest BCUT2D eigenvalue weighted by atomic mass is 9.92. The Hall–Kier alpha value is -1.43. The third kappa shape index (κ3) is 3.89. The van der Waals surface area contributed by atoms with Gasteiger partial charge >= 0.3 is 0 Å². The number of carbonyl (C=O) groups is 1. The molecule has 5 heteroatoms. The Morgan fingerprint density at radius 2 is 1.56 bits per heavy atom. The Morgan fingerprint density at radius 1 is 1.04 bits per heavy atom. The number of morpholine rings is 1. The average molecular weight is 465 g/mol. The normalized spacial score (nSPS) is 23.6. The smallest absolute Gasteiger partial charge is 0.252 e. The number of hydrogen-bond acceptors (Lipinski definition) is 2. The van der Waals surface area contributed by atoms with Crippen molar-refractivity contribution < 1.29 is 9.53 Å². The number of likely N-dealkylation sites (N-methyl/N-ethyl adjacent to an activating group) is 1. The van der Waals surface area contributed by atoms with Crippen LogP contribution in [0.2, 0.25) is 0 Å². The maximum atomic E-state index is 12.7. The Kier molecular flexibility index (Phi) is 5.77. The molecule has 0 aromatic heterocycles. The zero-order valence-electron chi connectivity index (χ0n) is 13.9. The van der Waals surface area contributed by atoms with Gasteiger partial charge in [-0.15, -0.1) is 6.58 Å². The largest absolute Gasteiger partial charge is 0.358 e. The van der Waals surface area contributed by atoms with Crippen LogP contribution in [0.25, 0.3) is 0 Å². The molecule has 130 valence electrons. The summed E-state index contributed by atoms with van der Waals surface area (Å²) < 4.78 is 8.26. The predicted octanol–water partition coefficient (Wildman–Crippen LogP) is 5.43. The Bertz CT molecular complexity index is 758. The van der Waals surface area contributed by atoms with E-state index in [1.807, 2.05) is 55.6 Å². The highest BCUT2D eigenvalue weighted by Gasteiger charge is 2.41. The van der Waals surface area contributed by atoms with Crippen molar-refractivity contribution in [1.82, 2.24) is 4.90 Å². The molecule has 1 fully saturated rings. The average Bonchev–Trinajstić information content (AvgIpc) is 2.61. The summed E-state index contributed by atoms with van der Waals surface area (Å²) in [5, 5.41) is 0. The molecule has 2 aromatic carbocycles. The number of amides is 1. The van der Waals surface area contributed by atoms with Crippen molar-refractivity contribution in [2.75, 3.05) is 7.05 Å². The van der Waals surface area contributed by atoms with Gasteiger partial charge in [-0.25, -0.2) is 0 Å². The van der Waals surface area contributed by atoms with Crippen molar-refractivity contribution in [3.05, 3.63) is 81.3 Å². The van der Waals surface area contributed by atoms with E-state index < -0.39 is 6.10 Å². The molecule has 0 unspecified atom stereocenters. The second kappa shape index (κ2) is 7.85. The molecule has 3 nitrogen and oxygen atoms in total. The van der Waals surface area contributed by atoms with Crippen LogP contribution >= 0.6 is 31.9 Å². The Balaban J connectivity index is 2.03. The molecule has 25 heavy (non-hydrogen) atoms. The minimum absolute atomic E-state index is 0.0128. The fourth-order valence-corrected chi connectivity index (χ4v) is 3.68. The summed E-state index contributed by atoms with van der Waals surface area (Å²) >= 11 is 6.94. The minimum Gasteiger partial charge on any atom is -0.358 e. The van der Waals surface area contributed by atoms with Gasteiger partial charge in [-0.2, -0.15) is 0 Å². The molecule has 1 heterocycles. The van der Waals surface area contributed by atoms with Crippen LogP contribution in [0, 0.1) is 0 Å². The summed E-state index contributed by atoms with van der Waals surface area (Å²) in [5.74, 6) is -0.0128. The van der Waals surface area contributed by atoms with Gasteiger partial charge < -0.3 is 9.64 Å². The molecule has 0 radical (unpaired) electrons. The van der Waals surface area contributed by atoms with Gasteiger partial charge in [0.1, 0.15) is 12.2 Å². The quantitative estimate of drug-likeness (QED) is 0.564. The summed E-state index contributed by atoms with van der Waals surface area (Å²) in [5.41, 5.74) is 2.09. The van der Waals surface area contributed by atoms with Crippen LogP contribution < -0.4 is 0 Å². The second-order valence-corrected chi connectivity index (χ2v) is 7.90. The van der Waals surface area contributed by atoms with E-state index in [0.29, 0.717) is 6.42 Å². The van der Waals surface area contributed by atoms with Crippen LogP contribution in [-0.4, -0.2) is 24.0 Å². The first-order valence-electron chi connectivity index (χ1n) is 8.05. The van der Waals surface area contributed by atoms with E-state index in [9.17, 15) is 4.79 Å². The zero-order valence-corrected chi connectivity index (χ0v) is 17.0. The first kappa shape index (κ1) is 18.4. The van der Waals surface area contributed by atoms with Crippen LogP contribution in [-0.2, 0) is 9.53 Å². The minimum atomic E-state index is -0.497. The number of halogens is 2. The third-order valence-corrected chi connectivity index (χ3v) is 5.49. The molecule has 0 saturated carbocycles. The summed E-state index contributed by atoms with van der Waals surface area (Å²) in [6.45, 7) is 3.75. The van der Waals surface area contributed by atoms with E-state index in [2.05, 4.69) is 38.4 Å². The number of rotatable bonds is 4. The number of benzene rings is 2. The van der Waals surface area contributed by atoms with Gasteiger partial charge in [0.05, 0.1) is 6.04 Å². The highest BCUT2D eigenvalue weighted by molar-refractivity contribution is 9.10. The molecule has 2 aromatic rings. The van der Waals surface area contributed by atoms with Crippen molar-refractivity contribution in [3.8, 4) is 0 Å². The van der Waals surface area contributed by atoms with E-state index >= 15 is 0 Å². The topological polar surface area (TPSA) is 29.5 Å². The SMILES string of the molecule is C=CC[C@H]1O[C@H](c2ccc(Br)cc2)[C@H](c2ccc(Br)cc2)N(C)C1=O. The first-order valence-corrected chi connectivity index (χ1v) is 9.64. The van der Waals surface area contributed by atoms with Gasteiger partial charge in [0.25, 0.3) is 5.91 Å². The van der Waals surface area contributed by atoms with Gasteiger partial charge in [0, 0.05) is 22.4 Å². The molecule has 0 bridgehead atoms. The number of carbonyl (C=O) groups excluding carboxylic acids is 1. The summed E-state index contributed by atoms with van der Waals surface area (Å²) in [7, 11) is 1.85. The summed E-state index contributed by atoms with van der Waals surface area (Å²) in [6, 6.07) is 15.9. The molecular weight excluding hydrogens is 446 g/mol. The lowest BCUT2D eigenvalue weighted by Gasteiger charge is -2.43. The van der Waals surface area contributed by atoms with E-state index in [1.165, 1.54) is 0 Å². The fraction of sp³-hybridized carbons (Fsp3) is 0.250. The maximum Gasteiger partial charge on any atom is 0.252 e. The molecule has 0 aliphatic carbocycles. The molecule has 3 atom stereocenters. The van der Waals surface area contributed by atoms with Gasteiger partial charge in [-0.05, 0) is 35.4 Å². The van der Waals surface area contributed by atoms with Gasteiger partial charge in [0.2, 0.25) is 0 Å². The molecule has 0 N–H and O–H groups in total.